The summed E-state index contributed by atoms with van der Waals surface area (Å²) in [6.45, 7) is 6.89. The van der Waals surface area contributed by atoms with Crippen molar-refractivity contribution < 1.29 is 9.59 Å². The van der Waals surface area contributed by atoms with E-state index in [-0.39, 0.29) is 18.0 Å². The monoisotopic (exact) mass is 334 g/mol. The van der Waals surface area contributed by atoms with Gasteiger partial charge in [-0.05, 0) is 46.0 Å². The summed E-state index contributed by atoms with van der Waals surface area (Å²) < 4.78 is 0. The van der Waals surface area contributed by atoms with Crippen LogP contribution in [0, 0.1) is 0 Å². The summed E-state index contributed by atoms with van der Waals surface area (Å²) in [5, 5.41) is 3.13. The van der Waals surface area contributed by atoms with Crippen LogP contribution in [0.1, 0.15) is 52.4 Å². The van der Waals surface area contributed by atoms with Crippen molar-refractivity contribution in [1.29, 1.82) is 0 Å². The van der Waals surface area contributed by atoms with Crippen molar-refractivity contribution in [3.05, 3.63) is 0 Å². The van der Waals surface area contributed by atoms with Gasteiger partial charge in [-0.15, -0.1) is 0 Å². The van der Waals surface area contributed by atoms with E-state index < -0.39 is 0 Å². The van der Waals surface area contributed by atoms with Gasteiger partial charge in [-0.25, -0.2) is 4.79 Å². The van der Waals surface area contributed by atoms with Crippen molar-refractivity contribution in [3.63, 3.8) is 0 Å². The highest BCUT2D eigenvalue weighted by molar-refractivity contribution is 5.82. The minimum absolute atomic E-state index is 0.00718. The number of urea groups is 1. The largest absolute Gasteiger partial charge is 0.338 e. The van der Waals surface area contributed by atoms with Gasteiger partial charge >= 0.3 is 6.03 Å². The topological polar surface area (TPSA) is 55.9 Å². The van der Waals surface area contributed by atoms with Crippen LogP contribution in [-0.2, 0) is 4.79 Å². The van der Waals surface area contributed by atoms with Gasteiger partial charge in [0.15, 0.2) is 0 Å². The van der Waals surface area contributed by atoms with E-state index in [1.54, 1.807) is 0 Å². The van der Waals surface area contributed by atoms with Crippen LogP contribution in [-0.4, -0.2) is 76.5 Å². The number of hydrogen-bond acceptors (Lipinski definition) is 3. The smallest absolute Gasteiger partial charge is 0.317 e. The third-order valence-corrected chi connectivity index (χ3v) is 6.20. The highest BCUT2D eigenvalue weighted by atomic mass is 16.2. The SMILES string of the molecule is CC(C)N1[C@H]2CC[C@H]1CN(C(=O)N[C@H]1CC(=O)N(C3CC3)C1)CC2. The van der Waals surface area contributed by atoms with Gasteiger partial charge in [0, 0.05) is 50.2 Å². The molecular weight excluding hydrogens is 304 g/mol. The standard InChI is InChI=1S/C18H30N4O2/c1-12(2)22-15-5-6-16(22)11-20(8-7-15)18(24)19-13-9-17(23)21(10-13)14-3-4-14/h12-16H,3-11H2,1-2H3,(H,19,24)/t13-,15-,16-/m0/s1. The fourth-order valence-electron chi connectivity index (χ4n) is 4.97. The third kappa shape index (κ3) is 3.01. The molecule has 134 valence electrons. The van der Waals surface area contributed by atoms with Crippen LogP contribution in [0.3, 0.4) is 0 Å². The lowest BCUT2D eigenvalue weighted by molar-refractivity contribution is -0.128. The Morgan fingerprint density at radius 3 is 2.46 bits per heavy atom. The fraction of sp³-hybridized carbons (Fsp3) is 0.889. The molecule has 0 radical (unpaired) electrons. The quantitative estimate of drug-likeness (QED) is 0.849. The first-order chi connectivity index (χ1) is 11.5. The molecule has 2 bridgehead atoms. The Balaban J connectivity index is 1.34. The minimum atomic E-state index is -0.00718. The first-order valence-electron chi connectivity index (χ1n) is 9.65. The number of nitrogens with one attached hydrogen (secondary N) is 1. The molecule has 1 aliphatic carbocycles. The average Bonchev–Trinajstić information content (AvgIpc) is 3.21. The van der Waals surface area contributed by atoms with Crippen molar-refractivity contribution in [2.75, 3.05) is 19.6 Å². The van der Waals surface area contributed by atoms with Gasteiger partial charge in [-0.3, -0.25) is 9.69 Å². The molecule has 3 heterocycles. The summed E-state index contributed by atoms with van der Waals surface area (Å²) in [5.74, 6) is 0.212. The molecule has 0 aromatic rings. The number of carbonyl (C=O) groups is 2. The van der Waals surface area contributed by atoms with E-state index in [9.17, 15) is 9.59 Å². The van der Waals surface area contributed by atoms with Crippen LogP contribution in [0.2, 0.25) is 0 Å². The summed E-state index contributed by atoms with van der Waals surface area (Å²) in [6.07, 6.45) is 6.27. The van der Waals surface area contributed by atoms with Crippen LogP contribution in [0.5, 0.6) is 0 Å². The van der Waals surface area contributed by atoms with E-state index in [4.69, 9.17) is 0 Å². The van der Waals surface area contributed by atoms with E-state index in [2.05, 4.69) is 24.1 Å². The fourth-order valence-corrected chi connectivity index (χ4v) is 4.97. The highest BCUT2D eigenvalue weighted by Gasteiger charge is 2.42. The van der Waals surface area contributed by atoms with Gasteiger partial charge < -0.3 is 15.1 Å². The molecule has 3 saturated heterocycles. The highest BCUT2D eigenvalue weighted by Crippen LogP contribution is 2.33. The molecule has 0 spiro atoms. The van der Waals surface area contributed by atoms with Gasteiger partial charge in [-0.1, -0.05) is 0 Å². The lowest BCUT2D eigenvalue weighted by Gasteiger charge is -2.32. The van der Waals surface area contributed by atoms with E-state index >= 15 is 0 Å². The van der Waals surface area contributed by atoms with E-state index in [0.717, 1.165) is 32.4 Å². The van der Waals surface area contributed by atoms with Crippen LogP contribution in [0.4, 0.5) is 4.79 Å². The molecule has 4 fully saturated rings. The van der Waals surface area contributed by atoms with Crippen molar-refractivity contribution in [1.82, 2.24) is 20.0 Å². The summed E-state index contributed by atoms with van der Waals surface area (Å²) in [6, 6.07) is 2.15. The van der Waals surface area contributed by atoms with Gasteiger partial charge in [-0.2, -0.15) is 0 Å². The Labute approximate surface area is 144 Å². The Morgan fingerprint density at radius 1 is 1.04 bits per heavy atom. The van der Waals surface area contributed by atoms with Crippen molar-refractivity contribution in [2.45, 2.75) is 82.6 Å². The zero-order chi connectivity index (χ0) is 16.8. The third-order valence-electron chi connectivity index (χ3n) is 6.20. The maximum absolute atomic E-state index is 12.7. The summed E-state index contributed by atoms with van der Waals surface area (Å²) in [5.41, 5.74) is 0. The number of amides is 3. The van der Waals surface area contributed by atoms with Gasteiger partial charge in [0.1, 0.15) is 0 Å². The Bertz CT molecular complexity index is 519. The van der Waals surface area contributed by atoms with E-state index in [0.29, 0.717) is 37.1 Å². The summed E-state index contributed by atoms with van der Waals surface area (Å²) in [7, 11) is 0. The molecule has 1 saturated carbocycles. The van der Waals surface area contributed by atoms with E-state index in [1.807, 2.05) is 9.80 Å². The zero-order valence-corrected chi connectivity index (χ0v) is 14.9. The number of hydrogen-bond donors (Lipinski definition) is 1. The molecular formula is C18H30N4O2. The lowest BCUT2D eigenvalue weighted by atomic mass is 10.1. The molecule has 4 rings (SSSR count). The molecule has 3 amide bonds. The average molecular weight is 334 g/mol. The van der Waals surface area contributed by atoms with Gasteiger partial charge in [0.05, 0.1) is 6.04 Å². The molecule has 0 unspecified atom stereocenters. The first-order valence-corrected chi connectivity index (χ1v) is 9.65. The van der Waals surface area contributed by atoms with Crippen molar-refractivity contribution in [3.8, 4) is 0 Å². The zero-order valence-electron chi connectivity index (χ0n) is 14.9. The van der Waals surface area contributed by atoms with Gasteiger partial charge in [0.2, 0.25) is 5.91 Å². The second-order valence-corrected chi connectivity index (χ2v) is 8.29. The molecule has 6 nitrogen and oxygen atoms in total. The molecule has 3 aliphatic heterocycles. The van der Waals surface area contributed by atoms with Crippen LogP contribution >= 0.6 is 0 Å². The first kappa shape index (κ1) is 16.2. The Hall–Kier alpha value is -1.30. The number of fused-ring (bicyclic) bond motifs is 2. The van der Waals surface area contributed by atoms with E-state index in [1.165, 1.54) is 12.8 Å². The molecule has 4 aliphatic rings. The molecule has 6 heteroatoms. The number of carbonyl (C=O) groups excluding carboxylic acids is 2. The van der Waals surface area contributed by atoms with Crippen LogP contribution in [0.25, 0.3) is 0 Å². The van der Waals surface area contributed by atoms with Gasteiger partial charge in [0.25, 0.3) is 0 Å². The molecule has 0 aromatic heterocycles. The molecule has 1 N–H and O–H groups in total. The maximum atomic E-state index is 12.7. The predicted molar refractivity (Wildman–Crippen MR) is 91.6 cm³/mol. The number of likely N-dealkylation sites (tertiary alicyclic amines) is 2. The second-order valence-electron chi connectivity index (χ2n) is 8.29. The molecule has 3 atom stereocenters. The summed E-state index contributed by atoms with van der Waals surface area (Å²) in [4.78, 5) is 31.4. The Morgan fingerprint density at radius 2 is 1.75 bits per heavy atom. The minimum Gasteiger partial charge on any atom is -0.338 e. The molecule has 24 heavy (non-hydrogen) atoms. The maximum Gasteiger partial charge on any atom is 0.317 e. The Kier molecular flexibility index (Phi) is 4.19. The van der Waals surface area contributed by atoms with Crippen molar-refractivity contribution in [2.24, 2.45) is 0 Å². The lowest BCUT2D eigenvalue weighted by Crippen LogP contribution is -2.49. The summed E-state index contributed by atoms with van der Waals surface area (Å²) >= 11 is 0. The predicted octanol–water partition coefficient (Wildman–Crippen LogP) is 1.41. The second kappa shape index (κ2) is 6.21. The number of rotatable bonds is 3. The van der Waals surface area contributed by atoms with Crippen LogP contribution in [0.15, 0.2) is 0 Å². The number of nitrogens with zero attached hydrogens (tertiary/aromatic N) is 3. The van der Waals surface area contributed by atoms with Crippen molar-refractivity contribution >= 4 is 11.9 Å². The normalized spacial score (nSPS) is 34.1. The molecule has 0 aromatic carbocycles. The van der Waals surface area contributed by atoms with Crippen LogP contribution < -0.4 is 5.32 Å².